The van der Waals surface area contributed by atoms with Gasteiger partial charge in [-0.05, 0) is 0 Å². The molecule has 0 unspecified atom stereocenters. The minimum atomic E-state index is -0.816. The number of hydrogen-bond donors (Lipinski definition) is 2. The third-order valence-corrected chi connectivity index (χ3v) is 1.23. The summed E-state index contributed by atoms with van der Waals surface area (Å²) in [6, 6.07) is -0.407. The van der Waals surface area contributed by atoms with Crippen molar-refractivity contribution >= 4 is 12.0 Å². The van der Waals surface area contributed by atoms with Gasteiger partial charge < -0.3 is 15.7 Å². The Balaban J connectivity index is 0. The lowest BCUT2D eigenvalue weighted by Gasteiger charge is -2.01. The standard InChI is InChI=1S/C8H10O2.C3H8N2O/c1-2-3-4-5-6-7-8(9)10;1-5(2)3(4)6/h2-6H,1,7H2,(H,9,10);1-2H3,(H2,4,6)/b4-3-,6-5+;. The zero-order valence-corrected chi connectivity index (χ0v) is 9.59. The van der Waals surface area contributed by atoms with E-state index in [4.69, 9.17) is 10.8 Å². The number of nitrogens with two attached hydrogens (primary N) is 1. The van der Waals surface area contributed by atoms with E-state index < -0.39 is 12.0 Å². The normalized spacial score (nSPS) is 9.62. The maximum Gasteiger partial charge on any atom is 0.314 e. The number of carbonyl (C=O) groups is 2. The highest BCUT2D eigenvalue weighted by atomic mass is 16.4. The van der Waals surface area contributed by atoms with Crippen molar-refractivity contribution < 1.29 is 14.7 Å². The van der Waals surface area contributed by atoms with Gasteiger partial charge in [-0.25, -0.2) is 4.79 Å². The highest BCUT2D eigenvalue weighted by Crippen LogP contribution is 1.83. The SMILES string of the molecule is C=C/C=C\C=C\CC(=O)O.CN(C)C(N)=O. The van der Waals surface area contributed by atoms with Crippen molar-refractivity contribution in [3.8, 4) is 0 Å². The first-order chi connectivity index (χ1) is 7.41. The molecular formula is C11H18N2O3. The molecule has 5 heteroatoms. The molecule has 0 bridgehead atoms. The number of carboxylic acid groups (broad SMARTS) is 1. The molecule has 16 heavy (non-hydrogen) atoms. The molecule has 0 fully saturated rings. The van der Waals surface area contributed by atoms with Crippen LogP contribution in [0.15, 0.2) is 37.0 Å². The third kappa shape index (κ3) is 17.9. The van der Waals surface area contributed by atoms with Gasteiger partial charge in [-0.3, -0.25) is 4.79 Å². The van der Waals surface area contributed by atoms with Crippen molar-refractivity contribution in [2.75, 3.05) is 14.1 Å². The summed E-state index contributed by atoms with van der Waals surface area (Å²) < 4.78 is 0. The summed E-state index contributed by atoms with van der Waals surface area (Å²) in [7, 11) is 3.20. The topological polar surface area (TPSA) is 83.6 Å². The van der Waals surface area contributed by atoms with E-state index in [2.05, 4.69) is 6.58 Å². The van der Waals surface area contributed by atoms with Gasteiger partial charge in [-0.15, -0.1) is 0 Å². The maximum absolute atomic E-state index is 9.94. The van der Waals surface area contributed by atoms with Crippen LogP contribution in [0.5, 0.6) is 0 Å². The zero-order chi connectivity index (χ0) is 13.0. The molecule has 0 rings (SSSR count). The summed E-state index contributed by atoms with van der Waals surface area (Å²) in [4.78, 5) is 21.1. The summed E-state index contributed by atoms with van der Waals surface area (Å²) in [5, 5.41) is 8.17. The molecule has 5 nitrogen and oxygen atoms in total. The molecule has 0 aromatic rings. The van der Waals surface area contributed by atoms with E-state index in [0.29, 0.717) is 0 Å². The average Bonchev–Trinajstić information content (AvgIpc) is 2.18. The minimum Gasteiger partial charge on any atom is -0.481 e. The van der Waals surface area contributed by atoms with Gasteiger partial charge in [0.1, 0.15) is 0 Å². The van der Waals surface area contributed by atoms with E-state index in [1.165, 1.54) is 4.90 Å². The van der Waals surface area contributed by atoms with Gasteiger partial charge in [0.05, 0.1) is 6.42 Å². The summed E-state index contributed by atoms with van der Waals surface area (Å²) in [5.74, 6) is -0.816. The van der Waals surface area contributed by atoms with Crippen molar-refractivity contribution in [3.05, 3.63) is 37.0 Å². The molecule has 0 saturated carbocycles. The first-order valence-electron chi connectivity index (χ1n) is 4.54. The molecule has 0 aliphatic carbocycles. The number of urea groups is 1. The summed E-state index contributed by atoms with van der Waals surface area (Å²) in [6.07, 6.45) is 8.42. The fourth-order valence-electron chi connectivity index (χ4n) is 0.390. The minimum absolute atomic E-state index is 0.0709. The number of aliphatic carboxylic acids is 1. The maximum atomic E-state index is 9.94. The number of carbonyl (C=O) groups excluding carboxylic acids is 1. The van der Waals surface area contributed by atoms with Gasteiger partial charge in [0.15, 0.2) is 0 Å². The second-order valence-electron chi connectivity index (χ2n) is 2.88. The van der Waals surface area contributed by atoms with E-state index in [0.717, 1.165) is 0 Å². The first-order valence-corrected chi connectivity index (χ1v) is 4.54. The molecule has 2 amide bonds. The molecule has 0 aliphatic rings. The lowest BCUT2D eigenvalue weighted by molar-refractivity contribution is -0.136. The quantitative estimate of drug-likeness (QED) is 0.710. The Kier molecular flexibility index (Phi) is 11.3. The van der Waals surface area contributed by atoms with Gasteiger partial charge >= 0.3 is 12.0 Å². The Labute approximate surface area is 95.5 Å². The Hall–Kier alpha value is -2.04. The van der Waals surface area contributed by atoms with Crippen LogP contribution in [0, 0.1) is 0 Å². The van der Waals surface area contributed by atoms with Crippen LogP contribution in [0.3, 0.4) is 0 Å². The molecule has 0 heterocycles. The van der Waals surface area contributed by atoms with Gasteiger partial charge in [-0.1, -0.05) is 37.0 Å². The molecular weight excluding hydrogens is 208 g/mol. The van der Waals surface area contributed by atoms with E-state index in [1.54, 1.807) is 44.5 Å². The number of amides is 2. The highest BCUT2D eigenvalue weighted by molar-refractivity contribution is 5.71. The van der Waals surface area contributed by atoms with Crippen LogP contribution in [-0.4, -0.2) is 36.1 Å². The van der Waals surface area contributed by atoms with Gasteiger partial charge in [0.2, 0.25) is 0 Å². The second kappa shape index (κ2) is 11.0. The van der Waals surface area contributed by atoms with E-state index in [1.807, 2.05) is 0 Å². The molecule has 90 valence electrons. The first kappa shape index (κ1) is 16.4. The van der Waals surface area contributed by atoms with Crippen LogP contribution in [0.1, 0.15) is 6.42 Å². The molecule has 0 aromatic heterocycles. The fraction of sp³-hybridized carbons (Fsp3) is 0.273. The van der Waals surface area contributed by atoms with Crippen molar-refractivity contribution in [2.45, 2.75) is 6.42 Å². The van der Waals surface area contributed by atoms with Crippen molar-refractivity contribution in [3.63, 3.8) is 0 Å². The summed E-state index contributed by atoms with van der Waals surface area (Å²) in [5.41, 5.74) is 4.72. The molecule has 0 atom stereocenters. The lowest BCUT2D eigenvalue weighted by Crippen LogP contribution is -2.27. The van der Waals surface area contributed by atoms with E-state index in [9.17, 15) is 9.59 Å². The Morgan fingerprint density at radius 2 is 1.81 bits per heavy atom. The number of hydrogen-bond acceptors (Lipinski definition) is 2. The third-order valence-electron chi connectivity index (χ3n) is 1.23. The Bertz CT molecular complexity index is 281. The Morgan fingerprint density at radius 3 is 2.12 bits per heavy atom. The van der Waals surface area contributed by atoms with E-state index in [-0.39, 0.29) is 6.42 Å². The fourth-order valence-corrected chi connectivity index (χ4v) is 0.390. The average molecular weight is 226 g/mol. The monoisotopic (exact) mass is 226 g/mol. The number of rotatable bonds is 4. The molecule has 0 aliphatic heterocycles. The lowest BCUT2D eigenvalue weighted by atomic mass is 10.3. The van der Waals surface area contributed by atoms with Crippen LogP contribution in [0.25, 0.3) is 0 Å². The predicted molar refractivity (Wildman–Crippen MR) is 64.0 cm³/mol. The van der Waals surface area contributed by atoms with Gasteiger partial charge in [-0.2, -0.15) is 0 Å². The van der Waals surface area contributed by atoms with Crippen molar-refractivity contribution in [1.82, 2.24) is 4.90 Å². The van der Waals surface area contributed by atoms with E-state index >= 15 is 0 Å². The van der Waals surface area contributed by atoms with Gasteiger partial charge in [0.25, 0.3) is 0 Å². The smallest absolute Gasteiger partial charge is 0.314 e. The van der Waals surface area contributed by atoms with Gasteiger partial charge in [0, 0.05) is 14.1 Å². The predicted octanol–water partition coefficient (Wildman–Crippen LogP) is 1.39. The number of carboxylic acids is 1. The van der Waals surface area contributed by atoms with Crippen LogP contribution in [0.4, 0.5) is 4.79 Å². The largest absolute Gasteiger partial charge is 0.481 e. The number of primary amides is 1. The second-order valence-corrected chi connectivity index (χ2v) is 2.88. The van der Waals surface area contributed by atoms with Crippen LogP contribution in [-0.2, 0) is 4.79 Å². The molecule has 0 aromatic carbocycles. The summed E-state index contributed by atoms with van der Waals surface area (Å²) in [6.45, 7) is 3.46. The van der Waals surface area contributed by atoms with Crippen LogP contribution < -0.4 is 5.73 Å². The molecule has 0 radical (unpaired) electrons. The molecule has 3 N–H and O–H groups in total. The van der Waals surface area contributed by atoms with Crippen LogP contribution >= 0.6 is 0 Å². The number of nitrogens with zero attached hydrogens (tertiary/aromatic N) is 1. The van der Waals surface area contributed by atoms with Crippen molar-refractivity contribution in [1.29, 1.82) is 0 Å². The highest BCUT2D eigenvalue weighted by Gasteiger charge is 1.88. The zero-order valence-electron chi connectivity index (χ0n) is 9.59. The Morgan fingerprint density at radius 1 is 1.31 bits per heavy atom. The molecule has 0 saturated heterocycles. The summed E-state index contributed by atoms with van der Waals surface area (Å²) >= 11 is 0. The van der Waals surface area contributed by atoms with Crippen molar-refractivity contribution in [2.24, 2.45) is 5.73 Å². The van der Waals surface area contributed by atoms with Crippen LogP contribution in [0.2, 0.25) is 0 Å². The number of allylic oxidation sites excluding steroid dienone is 4. The molecule has 0 spiro atoms.